The molecule has 0 atom stereocenters. The molecular weight excluding hydrogens is 238 g/mol. The van der Waals surface area contributed by atoms with E-state index in [9.17, 15) is 0 Å². The van der Waals surface area contributed by atoms with Crippen LogP contribution in [0.25, 0.3) is 0 Å². The van der Waals surface area contributed by atoms with Crippen LogP contribution in [0.5, 0.6) is 0 Å². The van der Waals surface area contributed by atoms with Gasteiger partial charge >= 0.3 is 0 Å². The Bertz CT molecular complexity index is 259. The van der Waals surface area contributed by atoms with Gasteiger partial charge in [-0.1, -0.05) is 11.4 Å². The van der Waals surface area contributed by atoms with Crippen molar-refractivity contribution in [3.05, 3.63) is 22.9 Å². The summed E-state index contributed by atoms with van der Waals surface area (Å²) in [6, 6.07) is 0. The van der Waals surface area contributed by atoms with E-state index in [0.29, 0.717) is 20.5 Å². The van der Waals surface area contributed by atoms with E-state index < -0.39 is 23.3 Å². The van der Waals surface area contributed by atoms with E-state index in [1.807, 2.05) is 0 Å². The van der Waals surface area contributed by atoms with Gasteiger partial charge in [0.15, 0.2) is 11.5 Å². The number of hydrogen-bond donors (Lipinski definition) is 7. The fourth-order valence-electron chi connectivity index (χ4n) is 0.774. The zero-order valence-electron chi connectivity index (χ0n) is 8.34. The Balaban J connectivity index is 4.88. The summed E-state index contributed by atoms with van der Waals surface area (Å²) in [4.78, 5) is 0. The van der Waals surface area contributed by atoms with E-state index >= 15 is 0 Å². The molecule has 0 aromatic heterocycles. The third kappa shape index (κ3) is 3.75. The van der Waals surface area contributed by atoms with Crippen LogP contribution in [0.15, 0.2) is 22.9 Å². The van der Waals surface area contributed by atoms with Gasteiger partial charge in [-0.2, -0.15) is 0 Å². The van der Waals surface area contributed by atoms with Crippen molar-refractivity contribution in [3.8, 4) is 0 Å². The number of hydrogen-bond acceptors (Lipinski definition) is 7. The normalized spacial score (nSPS) is 16.0. The second-order valence-corrected chi connectivity index (χ2v) is 3.97. The van der Waals surface area contributed by atoms with Gasteiger partial charge in [-0.15, -0.1) is 0 Å². The van der Waals surface area contributed by atoms with Gasteiger partial charge in [0.25, 0.3) is 11.8 Å². The molecule has 0 bridgehead atoms. The highest BCUT2D eigenvalue weighted by Gasteiger charge is 2.40. The Kier molecular flexibility index (Phi) is 4.67. The van der Waals surface area contributed by atoms with Crippen LogP contribution in [0.4, 0.5) is 0 Å². The molecule has 0 radical (unpaired) electrons. The van der Waals surface area contributed by atoms with E-state index in [4.69, 9.17) is 30.6 Å². The van der Waals surface area contributed by atoms with Crippen molar-refractivity contribution in [2.24, 2.45) is 0 Å². The Labute approximate surface area is 91.8 Å². The predicted octanol–water partition coefficient (Wildman–Crippen LogP) is -4.62. The average molecular weight is 253 g/mol. The summed E-state index contributed by atoms with van der Waals surface area (Å²) in [5.41, 5.74) is 2.15. The van der Waals surface area contributed by atoms with E-state index in [0.717, 1.165) is 11.4 Å². The molecule has 88 valence electrons. The summed E-state index contributed by atoms with van der Waals surface area (Å²) in [5.74, 6) is -7.77. The van der Waals surface area contributed by atoms with E-state index in [-0.39, 0.29) is 0 Å². The second kappa shape index (κ2) is 4.89. The Morgan fingerprint density at radius 1 is 0.867 bits per heavy atom. The summed E-state index contributed by atoms with van der Waals surface area (Å²) in [6.07, 6.45) is 0. The highest BCUT2D eigenvalue weighted by atomic mass is 28.1. The Morgan fingerprint density at radius 2 is 1.13 bits per heavy atom. The van der Waals surface area contributed by atoms with Gasteiger partial charge in [0, 0.05) is 20.5 Å². The van der Waals surface area contributed by atoms with E-state index in [1.165, 1.54) is 5.32 Å². The fraction of sp³-hybridized carbons (Fsp3) is 0.333. The van der Waals surface area contributed by atoms with Crippen LogP contribution in [0, 0.1) is 0 Å². The minimum absolute atomic E-state index is 0.337. The smallest absolute Gasteiger partial charge is 0.287 e. The largest absolute Gasteiger partial charge is 0.506 e. The predicted molar refractivity (Wildman–Crippen MR) is 58.8 cm³/mol. The first kappa shape index (κ1) is 14.3. The summed E-state index contributed by atoms with van der Waals surface area (Å²) < 4.78 is 0. The lowest BCUT2D eigenvalue weighted by molar-refractivity contribution is -0.272. The second-order valence-electron chi connectivity index (χ2n) is 2.82. The molecule has 0 saturated heterocycles. The van der Waals surface area contributed by atoms with Crippen molar-refractivity contribution in [3.63, 3.8) is 0 Å². The number of nitrogens with one attached hydrogen (secondary N) is 1. The van der Waals surface area contributed by atoms with Crippen LogP contribution in [-0.4, -0.2) is 62.9 Å². The minimum atomic E-state index is -3.01. The molecule has 0 aliphatic rings. The number of rotatable bonds is 4. The maximum Gasteiger partial charge on any atom is 0.287 e. The highest BCUT2D eigenvalue weighted by molar-refractivity contribution is 6.17. The molecule has 0 unspecified atom stereocenters. The molecule has 9 heteroatoms. The standard InChI is InChI=1S/C6H15NO6Si2/c8-3(1-14)5(10,11)7-6(12,13)4(9)2-15/h1-2,7-13H,14-15H3/b3-1-,4-2-. The van der Waals surface area contributed by atoms with Gasteiger partial charge in [0.05, 0.1) is 0 Å². The van der Waals surface area contributed by atoms with E-state index in [2.05, 4.69) is 0 Å². The van der Waals surface area contributed by atoms with Crippen LogP contribution in [0.3, 0.4) is 0 Å². The van der Waals surface area contributed by atoms with Crippen molar-refractivity contribution in [1.29, 1.82) is 0 Å². The van der Waals surface area contributed by atoms with Gasteiger partial charge in [-0.05, 0) is 0 Å². The Morgan fingerprint density at radius 3 is 1.33 bits per heavy atom. The third-order valence-corrected chi connectivity index (χ3v) is 2.70. The van der Waals surface area contributed by atoms with Crippen LogP contribution < -0.4 is 5.32 Å². The Hall–Kier alpha value is -0.686. The van der Waals surface area contributed by atoms with Crippen LogP contribution in [-0.2, 0) is 0 Å². The van der Waals surface area contributed by atoms with Crippen molar-refractivity contribution in [2.45, 2.75) is 11.8 Å². The SMILES string of the molecule is O/C(=C\[SiH3])C(O)(O)NC(O)(O)/C(O)=C/[SiH3]. The molecule has 0 spiro atoms. The quantitative estimate of drug-likeness (QED) is 0.152. The summed E-state index contributed by atoms with van der Waals surface area (Å²) in [7, 11) is 0.673. The zero-order chi connectivity index (χ0) is 12.3. The topological polar surface area (TPSA) is 133 Å². The highest BCUT2D eigenvalue weighted by Crippen LogP contribution is 2.14. The van der Waals surface area contributed by atoms with Gasteiger partial charge in [0.2, 0.25) is 0 Å². The van der Waals surface area contributed by atoms with Gasteiger partial charge in [-0.25, -0.2) is 5.32 Å². The van der Waals surface area contributed by atoms with Crippen LogP contribution in [0.2, 0.25) is 0 Å². The maximum atomic E-state index is 9.16. The molecule has 0 aliphatic carbocycles. The zero-order valence-corrected chi connectivity index (χ0v) is 12.3. The lowest BCUT2D eigenvalue weighted by Gasteiger charge is -2.30. The van der Waals surface area contributed by atoms with Gasteiger partial charge in [-0.3, -0.25) is 0 Å². The molecule has 7 N–H and O–H groups in total. The molecule has 0 aromatic carbocycles. The summed E-state index contributed by atoms with van der Waals surface area (Å²) in [5, 5.41) is 56.2. The van der Waals surface area contributed by atoms with E-state index in [1.54, 1.807) is 0 Å². The van der Waals surface area contributed by atoms with Crippen LogP contribution >= 0.6 is 0 Å². The minimum Gasteiger partial charge on any atom is -0.506 e. The van der Waals surface area contributed by atoms with Crippen molar-refractivity contribution in [1.82, 2.24) is 5.32 Å². The molecule has 0 rings (SSSR count). The molecule has 0 aliphatic heterocycles. The molecule has 0 heterocycles. The molecule has 0 aromatic rings. The van der Waals surface area contributed by atoms with Crippen molar-refractivity contribution >= 4 is 20.5 Å². The first-order chi connectivity index (χ1) is 6.67. The molecular formula is C6H15NO6Si2. The third-order valence-electron chi connectivity index (χ3n) is 1.61. The number of aliphatic hydroxyl groups excluding tert-OH is 2. The van der Waals surface area contributed by atoms with Gasteiger partial charge < -0.3 is 30.6 Å². The summed E-state index contributed by atoms with van der Waals surface area (Å²) in [6.45, 7) is 0. The monoisotopic (exact) mass is 253 g/mol. The first-order valence-electron chi connectivity index (χ1n) is 4.07. The first-order valence-corrected chi connectivity index (χ1v) is 6.38. The van der Waals surface area contributed by atoms with Crippen LogP contribution in [0.1, 0.15) is 0 Å². The number of aliphatic hydroxyl groups is 6. The molecule has 7 nitrogen and oxygen atoms in total. The molecule has 15 heavy (non-hydrogen) atoms. The van der Waals surface area contributed by atoms with Crippen molar-refractivity contribution in [2.75, 3.05) is 0 Å². The molecule has 0 saturated carbocycles. The summed E-state index contributed by atoms with van der Waals surface area (Å²) >= 11 is 0. The lowest BCUT2D eigenvalue weighted by Crippen LogP contribution is -2.60. The van der Waals surface area contributed by atoms with Gasteiger partial charge in [0.1, 0.15) is 0 Å². The fourth-order valence-corrected chi connectivity index (χ4v) is 1.58. The molecule has 0 fully saturated rings. The average Bonchev–Trinajstić information content (AvgIpc) is 2.13. The van der Waals surface area contributed by atoms with Crippen molar-refractivity contribution < 1.29 is 30.6 Å². The molecule has 0 amide bonds. The lowest BCUT2D eigenvalue weighted by atomic mass is 10.3. The maximum absolute atomic E-state index is 9.16.